The van der Waals surface area contributed by atoms with Crippen molar-refractivity contribution in [1.82, 2.24) is 14.7 Å². The average molecular weight is 623 g/mol. The predicted octanol–water partition coefficient (Wildman–Crippen LogP) is 5.11. The number of fused-ring (bicyclic) bond motifs is 1. The third-order valence-corrected chi connectivity index (χ3v) is 9.05. The Bertz CT molecular complexity index is 1480. The molecule has 5 rings (SSSR count). The number of likely N-dealkylation sites (tertiary alicyclic amines) is 1. The molecule has 2 N–H and O–H groups in total. The number of aryl methyl sites for hydroxylation is 2. The number of anilines is 1. The van der Waals surface area contributed by atoms with Gasteiger partial charge in [0.2, 0.25) is 12.7 Å². The van der Waals surface area contributed by atoms with E-state index in [1.807, 2.05) is 17.2 Å². The molecule has 0 saturated carbocycles. The molecule has 11 heteroatoms. The van der Waals surface area contributed by atoms with Crippen LogP contribution in [-0.4, -0.2) is 68.7 Å². The standard InChI is InChI=1S/C34H43FN4O6/c1-4-7-25(8-5-2)39(26-9-10-28(35)22(3)15-26)31(41)19-37-18-27(23-16-24(20-40)33-30(17-23)44-21-45-33)32(34(42)43)29(37)11-14-38-13-6-12-36-38/h6,9-10,12-13,15-17,25,27,29,32,40H,4-5,7-8,11,14,18-21H2,1-3H3,(H,42,43)/t27-,29+,32-/m1/s1. The topological polar surface area (TPSA) is 117 Å². The lowest BCUT2D eigenvalue weighted by Crippen LogP contribution is -2.48. The van der Waals surface area contributed by atoms with Gasteiger partial charge in [0, 0.05) is 54.7 Å². The number of carbonyl (C=O) groups is 2. The van der Waals surface area contributed by atoms with E-state index in [-0.39, 0.29) is 37.7 Å². The van der Waals surface area contributed by atoms with Crippen LogP contribution in [0.5, 0.6) is 11.5 Å². The molecule has 0 radical (unpaired) electrons. The van der Waals surface area contributed by atoms with Gasteiger partial charge in [-0.1, -0.05) is 26.7 Å². The number of ether oxygens (including phenoxy) is 2. The fourth-order valence-electron chi connectivity index (χ4n) is 6.98. The van der Waals surface area contributed by atoms with Crippen LogP contribution in [0.25, 0.3) is 0 Å². The van der Waals surface area contributed by atoms with Crippen molar-refractivity contribution in [1.29, 1.82) is 0 Å². The van der Waals surface area contributed by atoms with Crippen molar-refractivity contribution >= 4 is 17.6 Å². The van der Waals surface area contributed by atoms with Crippen molar-refractivity contribution in [2.75, 3.05) is 24.8 Å². The minimum Gasteiger partial charge on any atom is -0.481 e. The number of aromatic nitrogens is 2. The summed E-state index contributed by atoms with van der Waals surface area (Å²) in [6, 6.07) is 9.63. The second-order valence-corrected chi connectivity index (χ2v) is 12.0. The van der Waals surface area contributed by atoms with Gasteiger partial charge in [-0.15, -0.1) is 0 Å². The van der Waals surface area contributed by atoms with Gasteiger partial charge in [0.1, 0.15) is 5.82 Å². The zero-order chi connectivity index (χ0) is 32.1. The molecule has 1 aromatic heterocycles. The third-order valence-electron chi connectivity index (χ3n) is 9.05. The summed E-state index contributed by atoms with van der Waals surface area (Å²) in [6.07, 6.45) is 7.32. The first-order valence-corrected chi connectivity index (χ1v) is 15.8. The number of carboxylic acid groups (broad SMARTS) is 1. The Morgan fingerprint density at radius 1 is 1.16 bits per heavy atom. The van der Waals surface area contributed by atoms with E-state index in [4.69, 9.17) is 9.47 Å². The lowest BCUT2D eigenvalue weighted by molar-refractivity contribution is -0.143. The molecule has 0 unspecified atom stereocenters. The molecule has 2 aliphatic heterocycles. The Morgan fingerprint density at radius 3 is 2.58 bits per heavy atom. The summed E-state index contributed by atoms with van der Waals surface area (Å²) in [4.78, 5) is 31.2. The van der Waals surface area contributed by atoms with Crippen LogP contribution in [0.4, 0.5) is 10.1 Å². The molecule has 3 heterocycles. The Morgan fingerprint density at radius 2 is 1.93 bits per heavy atom. The van der Waals surface area contributed by atoms with Crippen LogP contribution in [-0.2, 0) is 22.7 Å². The first-order chi connectivity index (χ1) is 21.7. The van der Waals surface area contributed by atoms with Gasteiger partial charge in [0.05, 0.1) is 19.1 Å². The van der Waals surface area contributed by atoms with Gasteiger partial charge in [-0.2, -0.15) is 5.10 Å². The maximum Gasteiger partial charge on any atom is 0.308 e. The molecule has 2 aromatic carbocycles. The highest BCUT2D eigenvalue weighted by Gasteiger charge is 2.48. The third kappa shape index (κ3) is 6.99. The molecule has 2 aliphatic rings. The highest BCUT2D eigenvalue weighted by atomic mass is 19.1. The maximum absolute atomic E-state index is 14.4. The molecule has 3 aromatic rings. The van der Waals surface area contributed by atoms with Gasteiger partial charge in [0.25, 0.3) is 0 Å². The Balaban J connectivity index is 1.51. The van der Waals surface area contributed by atoms with Crippen LogP contribution < -0.4 is 14.4 Å². The smallest absolute Gasteiger partial charge is 0.308 e. The van der Waals surface area contributed by atoms with Crippen molar-refractivity contribution in [3.63, 3.8) is 0 Å². The maximum atomic E-state index is 14.4. The van der Waals surface area contributed by atoms with E-state index in [2.05, 4.69) is 18.9 Å². The highest BCUT2D eigenvalue weighted by molar-refractivity contribution is 5.95. The number of nitrogens with zero attached hydrogens (tertiary/aromatic N) is 4. The SMILES string of the molecule is CCCC(CCC)N(C(=O)CN1C[C@H](c2cc(CO)c3c(c2)OCO3)[C@@H](C(=O)O)[C@@H]1CCn1cccn1)c1ccc(F)c(C)c1. The van der Waals surface area contributed by atoms with Crippen molar-refractivity contribution in [3.05, 3.63) is 71.3 Å². The molecule has 0 bridgehead atoms. The van der Waals surface area contributed by atoms with Crippen LogP contribution >= 0.6 is 0 Å². The van der Waals surface area contributed by atoms with Crippen LogP contribution in [0.1, 0.15) is 68.6 Å². The zero-order valence-corrected chi connectivity index (χ0v) is 26.2. The van der Waals surface area contributed by atoms with Crippen LogP contribution in [0.2, 0.25) is 0 Å². The van der Waals surface area contributed by atoms with Crippen molar-refractivity contribution < 1.29 is 33.7 Å². The number of hydrogen-bond acceptors (Lipinski definition) is 7. The van der Waals surface area contributed by atoms with Crippen LogP contribution in [0, 0.1) is 18.7 Å². The normalized spacial score (nSPS) is 19.4. The van der Waals surface area contributed by atoms with Crippen molar-refractivity contribution in [2.24, 2.45) is 5.92 Å². The quantitative estimate of drug-likeness (QED) is 0.255. The molecule has 3 atom stereocenters. The van der Waals surface area contributed by atoms with Gasteiger partial charge < -0.3 is 24.6 Å². The average Bonchev–Trinajstić information content (AvgIpc) is 3.78. The summed E-state index contributed by atoms with van der Waals surface area (Å²) in [6.45, 7) is 6.41. The molecule has 0 aliphatic carbocycles. The summed E-state index contributed by atoms with van der Waals surface area (Å²) >= 11 is 0. The Kier molecular flexibility index (Phi) is 10.4. The summed E-state index contributed by atoms with van der Waals surface area (Å²) in [7, 11) is 0. The largest absolute Gasteiger partial charge is 0.481 e. The minimum absolute atomic E-state index is 0.00180. The van der Waals surface area contributed by atoms with E-state index in [1.54, 1.807) is 47.0 Å². The number of amides is 1. The van der Waals surface area contributed by atoms with Gasteiger partial charge in [-0.25, -0.2) is 4.39 Å². The van der Waals surface area contributed by atoms with Crippen LogP contribution in [0.15, 0.2) is 48.8 Å². The highest BCUT2D eigenvalue weighted by Crippen LogP contribution is 2.44. The van der Waals surface area contributed by atoms with Crippen molar-refractivity contribution in [2.45, 2.75) is 84.0 Å². The van der Waals surface area contributed by atoms with Crippen LogP contribution in [0.3, 0.4) is 0 Å². The fraction of sp³-hybridized carbons (Fsp3) is 0.500. The molecule has 242 valence electrons. The molecule has 1 amide bonds. The number of carbonyl (C=O) groups excluding carboxylic acids is 1. The molecular formula is C34H43FN4O6. The monoisotopic (exact) mass is 622 g/mol. The number of rotatable bonds is 14. The molecule has 10 nitrogen and oxygen atoms in total. The fourth-order valence-corrected chi connectivity index (χ4v) is 6.98. The Labute approximate surface area is 263 Å². The van der Waals surface area contributed by atoms with Gasteiger partial charge in [-0.3, -0.25) is 19.2 Å². The van der Waals surface area contributed by atoms with E-state index in [1.165, 1.54) is 6.07 Å². The van der Waals surface area contributed by atoms with E-state index < -0.39 is 23.8 Å². The molecule has 1 fully saturated rings. The number of benzene rings is 2. The first-order valence-electron chi connectivity index (χ1n) is 15.8. The number of aliphatic carboxylic acids is 1. The molecule has 0 spiro atoms. The van der Waals surface area contributed by atoms with Crippen molar-refractivity contribution in [3.8, 4) is 11.5 Å². The summed E-state index contributed by atoms with van der Waals surface area (Å²) in [5, 5.41) is 25.0. The lowest BCUT2D eigenvalue weighted by Gasteiger charge is -2.35. The van der Waals surface area contributed by atoms with E-state index in [0.29, 0.717) is 47.8 Å². The number of aliphatic hydroxyl groups is 1. The number of hydrogen-bond donors (Lipinski definition) is 2. The second kappa shape index (κ2) is 14.4. The predicted molar refractivity (Wildman–Crippen MR) is 167 cm³/mol. The van der Waals surface area contributed by atoms with E-state index >= 15 is 0 Å². The number of aliphatic hydroxyl groups excluding tert-OH is 1. The number of halogens is 1. The minimum atomic E-state index is -0.954. The zero-order valence-electron chi connectivity index (χ0n) is 26.2. The molecular weight excluding hydrogens is 579 g/mol. The van der Waals surface area contributed by atoms with Gasteiger partial charge >= 0.3 is 5.97 Å². The summed E-state index contributed by atoms with van der Waals surface area (Å²) < 4.78 is 27.2. The first kappa shape index (κ1) is 32.4. The lowest BCUT2D eigenvalue weighted by atomic mass is 9.83. The second-order valence-electron chi connectivity index (χ2n) is 12.0. The molecule has 45 heavy (non-hydrogen) atoms. The number of carboxylic acids is 1. The summed E-state index contributed by atoms with van der Waals surface area (Å²) in [5.41, 5.74) is 2.36. The van der Waals surface area contributed by atoms with E-state index in [9.17, 15) is 24.2 Å². The van der Waals surface area contributed by atoms with Gasteiger partial charge in [0.15, 0.2) is 11.5 Å². The molecule has 1 saturated heterocycles. The van der Waals surface area contributed by atoms with E-state index in [0.717, 1.165) is 31.2 Å². The summed E-state index contributed by atoms with van der Waals surface area (Å²) in [5.74, 6) is -1.79. The Hall–Kier alpha value is -3.96. The van der Waals surface area contributed by atoms with Gasteiger partial charge in [-0.05, 0) is 73.7 Å².